The number of H-pyrrole nitrogens is 1. The molecular weight excluding hydrogens is 182 g/mol. The van der Waals surface area contributed by atoms with E-state index in [1.807, 2.05) is 0 Å². The van der Waals surface area contributed by atoms with Gasteiger partial charge in [0.25, 0.3) is 0 Å². The summed E-state index contributed by atoms with van der Waals surface area (Å²) in [5, 5.41) is 2.64. The molecule has 2 aromatic carbocycles. The van der Waals surface area contributed by atoms with Gasteiger partial charge in [-0.1, -0.05) is 42.5 Å². The Morgan fingerprint density at radius 1 is 0.800 bits per heavy atom. The van der Waals surface area contributed by atoms with Crippen LogP contribution in [0, 0.1) is 0 Å². The molecule has 1 nitrogen and oxygen atoms in total. The molecule has 1 aromatic heterocycles. The normalized spacial score (nSPS) is 13.1. The summed E-state index contributed by atoms with van der Waals surface area (Å²) < 4.78 is 0. The van der Waals surface area contributed by atoms with Crippen LogP contribution in [0.3, 0.4) is 0 Å². The minimum atomic E-state index is 1.22. The molecule has 1 heteroatoms. The summed E-state index contributed by atoms with van der Waals surface area (Å²) in [4.78, 5) is 3.49. The van der Waals surface area contributed by atoms with Crippen LogP contribution in [0.25, 0.3) is 34.0 Å². The molecule has 1 aliphatic carbocycles. The molecule has 0 aliphatic heterocycles. The van der Waals surface area contributed by atoms with E-state index < -0.39 is 0 Å². The Morgan fingerprint density at radius 3 is 2.60 bits per heavy atom. The number of hydrogen-bond acceptors (Lipinski definition) is 0. The first kappa shape index (κ1) is 7.30. The second-order valence-corrected chi connectivity index (χ2v) is 3.99. The van der Waals surface area contributed by atoms with Gasteiger partial charge >= 0.3 is 0 Å². The van der Waals surface area contributed by atoms with Crippen LogP contribution in [-0.4, -0.2) is 4.98 Å². The number of aromatic nitrogens is 1. The third-order valence-electron chi connectivity index (χ3n) is 3.19. The van der Waals surface area contributed by atoms with Crippen molar-refractivity contribution in [2.75, 3.05) is 0 Å². The van der Waals surface area contributed by atoms with E-state index >= 15 is 0 Å². The van der Waals surface area contributed by atoms with Gasteiger partial charge in [0, 0.05) is 21.9 Å². The lowest BCUT2D eigenvalue weighted by atomic mass is 9.95. The van der Waals surface area contributed by atoms with Crippen LogP contribution in [0.1, 0.15) is 11.1 Å². The molecule has 0 saturated heterocycles. The molecule has 70 valence electrons. The second kappa shape index (κ2) is 2.31. The molecule has 0 saturated carbocycles. The zero-order chi connectivity index (χ0) is 9.83. The van der Waals surface area contributed by atoms with Crippen LogP contribution in [0.4, 0.5) is 0 Å². The number of fused-ring (bicyclic) bond motifs is 5. The average molecular weight is 191 g/mol. The lowest BCUT2D eigenvalue weighted by molar-refractivity contribution is 1.51. The van der Waals surface area contributed by atoms with E-state index in [2.05, 4.69) is 53.5 Å². The van der Waals surface area contributed by atoms with E-state index in [0.29, 0.717) is 0 Å². The Morgan fingerprint density at radius 2 is 1.73 bits per heavy atom. The van der Waals surface area contributed by atoms with Crippen LogP contribution in [0.2, 0.25) is 0 Å². The van der Waals surface area contributed by atoms with Crippen molar-refractivity contribution in [2.45, 2.75) is 0 Å². The largest absolute Gasteiger partial charge is 0.354 e. The summed E-state index contributed by atoms with van der Waals surface area (Å²) in [6.07, 6.45) is 4.33. The van der Waals surface area contributed by atoms with E-state index in [-0.39, 0.29) is 0 Å². The molecule has 4 rings (SSSR count). The molecule has 0 atom stereocenters. The standard InChI is InChI=1S/C14H9N/c1-2-4-13-11(3-1)12-8-6-9-5-7-10(9)14(12)15-13/h1-8,15H. The Labute approximate surface area is 87.0 Å². The zero-order valence-electron chi connectivity index (χ0n) is 8.12. The molecule has 0 unspecified atom stereocenters. The van der Waals surface area contributed by atoms with Gasteiger partial charge in [0.1, 0.15) is 0 Å². The summed E-state index contributed by atoms with van der Waals surface area (Å²) in [5.74, 6) is 0. The summed E-state index contributed by atoms with van der Waals surface area (Å²) in [6, 6.07) is 12.9. The van der Waals surface area contributed by atoms with Gasteiger partial charge < -0.3 is 4.98 Å². The van der Waals surface area contributed by atoms with E-state index in [0.717, 1.165) is 0 Å². The Kier molecular flexibility index (Phi) is 1.13. The highest BCUT2D eigenvalue weighted by Crippen LogP contribution is 2.34. The summed E-state index contributed by atoms with van der Waals surface area (Å²) in [5.41, 5.74) is 5.19. The van der Waals surface area contributed by atoms with Gasteiger partial charge in [-0.05, 0) is 11.6 Å². The third-order valence-corrected chi connectivity index (χ3v) is 3.19. The van der Waals surface area contributed by atoms with Gasteiger partial charge in [-0.25, -0.2) is 0 Å². The van der Waals surface area contributed by atoms with E-state index in [9.17, 15) is 0 Å². The number of para-hydroxylation sites is 1. The second-order valence-electron chi connectivity index (χ2n) is 3.99. The van der Waals surface area contributed by atoms with Crippen LogP contribution in [-0.2, 0) is 0 Å². The predicted octanol–water partition coefficient (Wildman–Crippen LogP) is 3.80. The first-order chi connectivity index (χ1) is 7.43. The average Bonchev–Trinajstić information content (AvgIpc) is 2.56. The highest BCUT2D eigenvalue weighted by Gasteiger charge is 2.12. The molecule has 1 N–H and O–H groups in total. The van der Waals surface area contributed by atoms with E-state index in [1.165, 1.54) is 32.9 Å². The van der Waals surface area contributed by atoms with Crippen LogP contribution in [0.15, 0.2) is 36.4 Å². The van der Waals surface area contributed by atoms with Gasteiger partial charge in [0.05, 0.1) is 5.52 Å². The minimum absolute atomic E-state index is 1.22. The number of rotatable bonds is 0. The third kappa shape index (κ3) is 0.785. The highest BCUT2D eigenvalue weighted by atomic mass is 14.7. The molecule has 3 aromatic rings. The molecule has 1 aliphatic rings. The van der Waals surface area contributed by atoms with Crippen molar-refractivity contribution >= 4 is 34.0 Å². The highest BCUT2D eigenvalue weighted by molar-refractivity contribution is 6.13. The topological polar surface area (TPSA) is 15.8 Å². The monoisotopic (exact) mass is 191 g/mol. The number of nitrogens with one attached hydrogen (secondary N) is 1. The molecular formula is C14H9N. The molecule has 15 heavy (non-hydrogen) atoms. The Bertz CT molecular complexity index is 717. The fourth-order valence-corrected chi connectivity index (χ4v) is 2.36. The van der Waals surface area contributed by atoms with E-state index in [4.69, 9.17) is 0 Å². The van der Waals surface area contributed by atoms with Gasteiger partial charge in [-0.3, -0.25) is 0 Å². The Balaban J connectivity index is 2.32. The summed E-state index contributed by atoms with van der Waals surface area (Å²) in [6.45, 7) is 0. The van der Waals surface area contributed by atoms with Crippen LogP contribution in [0.5, 0.6) is 0 Å². The minimum Gasteiger partial charge on any atom is -0.354 e. The van der Waals surface area contributed by atoms with Crippen LogP contribution < -0.4 is 0 Å². The van der Waals surface area contributed by atoms with Crippen molar-refractivity contribution < 1.29 is 0 Å². The predicted molar refractivity (Wildman–Crippen MR) is 64.7 cm³/mol. The lowest BCUT2D eigenvalue weighted by Crippen LogP contribution is -1.89. The van der Waals surface area contributed by atoms with Gasteiger partial charge in [-0.2, -0.15) is 0 Å². The number of aromatic amines is 1. The summed E-state index contributed by atoms with van der Waals surface area (Å²) >= 11 is 0. The smallest absolute Gasteiger partial charge is 0.0544 e. The molecule has 0 spiro atoms. The number of benzene rings is 2. The first-order valence-corrected chi connectivity index (χ1v) is 5.15. The Hall–Kier alpha value is -2.02. The van der Waals surface area contributed by atoms with Gasteiger partial charge in [0.15, 0.2) is 0 Å². The van der Waals surface area contributed by atoms with Gasteiger partial charge in [0.2, 0.25) is 0 Å². The quantitative estimate of drug-likeness (QED) is 0.435. The maximum absolute atomic E-state index is 3.49. The maximum atomic E-state index is 3.49. The van der Waals surface area contributed by atoms with Crippen molar-refractivity contribution in [3.05, 3.63) is 47.5 Å². The maximum Gasteiger partial charge on any atom is 0.0544 e. The summed E-state index contributed by atoms with van der Waals surface area (Å²) in [7, 11) is 0. The van der Waals surface area contributed by atoms with Crippen molar-refractivity contribution in [1.82, 2.24) is 4.98 Å². The van der Waals surface area contributed by atoms with E-state index in [1.54, 1.807) is 0 Å². The van der Waals surface area contributed by atoms with Crippen molar-refractivity contribution in [3.63, 3.8) is 0 Å². The van der Waals surface area contributed by atoms with Crippen molar-refractivity contribution in [2.24, 2.45) is 0 Å². The van der Waals surface area contributed by atoms with Gasteiger partial charge in [-0.15, -0.1) is 0 Å². The van der Waals surface area contributed by atoms with Crippen LogP contribution >= 0.6 is 0 Å². The molecule has 1 heterocycles. The SMILES string of the molecule is C1=Cc2c1ccc1c2[nH]c2ccccc21. The molecule has 0 bridgehead atoms. The van der Waals surface area contributed by atoms with Crippen molar-refractivity contribution in [3.8, 4) is 0 Å². The molecule has 0 radical (unpaired) electrons. The molecule has 0 amide bonds. The fraction of sp³-hybridized carbons (Fsp3) is 0. The zero-order valence-corrected chi connectivity index (χ0v) is 8.12. The lowest BCUT2D eigenvalue weighted by Gasteiger charge is -2.10. The number of hydrogen-bond donors (Lipinski definition) is 1. The van der Waals surface area contributed by atoms with Crippen molar-refractivity contribution in [1.29, 1.82) is 0 Å². The molecule has 0 fully saturated rings. The first-order valence-electron chi connectivity index (χ1n) is 5.15. The fourth-order valence-electron chi connectivity index (χ4n) is 2.36.